The minimum absolute atomic E-state index is 0.0118. The zero-order valence-electron chi connectivity index (χ0n) is 14.5. The van der Waals surface area contributed by atoms with Crippen molar-refractivity contribution in [3.8, 4) is 0 Å². The largest absolute Gasteiger partial charge is 0.459 e. The van der Waals surface area contributed by atoms with Crippen molar-refractivity contribution in [3.63, 3.8) is 0 Å². The number of guanidine groups is 1. The number of hydrogen-bond acceptors (Lipinski definition) is 3. The average Bonchev–Trinajstić information content (AvgIpc) is 3.28. The number of carbonyl (C=O) groups is 1. The molecule has 1 amide bonds. The number of hydrogen-bond donors (Lipinski definition) is 1. The standard InChI is InChI=1S/C18H24N4O2/c1-21(2)17(23)11-19-18(20-14-8-9-14)22(3)12-15-10-13-6-4-5-7-16(13)24-15/h4-7,10,14H,8-9,11-12H2,1-3H3,(H,19,20). The molecule has 1 aromatic carbocycles. The van der Waals surface area contributed by atoms with E-state index in [2.05, 4.69) is 10.3 Å². The summed E-state index contributed by atoms with van der Waals surface area (Å²) in [6, 6.07) is 10.5. The number of furan rings is 1. The Morgan fingerprint density at radius 1 is 1.29 bits per heavy atom. The van der Waals surface area contributed by atoms with E-state index in [1.165, 1.54) is 0 Å². The second kappa shape index (κ2) is 6.95. The fourth-order valence-electron chi connectivity index (χ4n) is 2.39. The van der Waals surface area contributed by atoms with Crippen LogP contribution < -0.4 is 5.32 Å². The topological polar surface area (TPSA) is 61.1 Å². The van der Waals surface area contributed by atoms with Gasteiger partial charge in [-0.2, -0.15) is 0 Å². The molecular weight excluding hydrogens is 304 g/mol. The summed E-state index contributed by atoms with van der Waals surface area (Å²) in [4.78, 5) is 19.8. The van der Waals surface area contributed by atoms with Crippen LogP contribution in [0.3, 0.4) is 0 Å². The van der Waals surface area contributed by atoms with Gasteiger partial charge in [0.05, 0.1) is 6.54 Å². The van der Waals surface area contributed by atoms with Crippen LogP contribution in [0, 0.1) is 0 Å². The third-order valence-electron chi connectivity index (χ3n) is 4.00. The van der Waals surface area contributed by atoms with Crippen molar-refractivity contribution in [2.75, 3.05) is 27.7 Å². The summed E-state index contributed by atoms with van der Waals surface area (Å²) in [6.07, 6.45) is 2.30. The summed E-state index contributed by atoms with van der Waals surface area (Å²) in [7, 11) is 5.44. The Labute approximate surface area is 142 Å². The quantitative estimate of drug-likeness (QED) is 0.674. The molecule has 0 atom stereocenters. The maximum Gasteiger partial charge on any atom is 0.243 e. The number of amides is 1. The van der Waals surface area contributed by atoms with E-state index >= 15 is 0 Å². The fraction of sp³-hybridized carbons (Fsp3) is 0.444. The van der Waals surface area contributed by atoms with Crippen LogP contribution in [0.5, 0.6) is 0 Å². The number of likely N-dealkylation sites (N-methyl/N-ethyl adjacent to an activating group) is 1. The first kappa shape index (κ1) is 16.4. The van der Waals surface area contributed by atoms with Crippen molar-refractivity contribution >= 4 is 22.8 Å². The van der Waals surface area contributed by atoms with Gasteiger partial charge in [-0.25, -0.2) is 4.99 Å². The van der Waals surface area contributed by atoms with E-state index in [0.717, 1.165) is 35.5 Å². The molecule has 6 heteroatoms. The highest BCUT2D eigenvalue weighted by molar-refractivity contribution is 5.85. The molecule has 128 valence electrons. The molecule has 0 radical (unpaired) electrons. The zero-order valence-corrected chi connectivity index (χ0v) is 14.5. The van der Waals surface area contributed by atoms with Crippen LogP contribution >= 0.6 is 0 Å². The molecular formula is C18H24N4O2. The van der Waals surface area contributed by atoms with Crippen LogP contribution in [-0.4, -0.2) is 55.4 Å². The molecule has 0 saturated heterocycles. The molecule has 0 bridgehead atoms. The Bertz CT molecular complexity index is 713. The minimum Gasteiger partial charge on any atom is -0.459 e. The third kappa shape index (κ3) is 4.07. The van der Waals surface area contributed by atoms with Gasteiger partial charge >= 0.3 is 0 Å². The van der Waals surface area contributed by atoms with Gasteiger partial charge in [0.1, 0.15) is 17.9 Å². The van der Waals surface area contributed by atoms with Gasteiger partial charge in [0.2, 0.25) is 5.91 Å². The summed E-state index contributed by atoms with van der Waals surface area (Å²) in [5.74, 6) is 1.61. The Kier molecular flexibility index (Phi) is 4.74. The lowest BCUT2D eigenvalue weighted by atomic mass is 10.2. The molecule has 1 aromatic heterocycles. The van der Waals surface area contributed by atoms with E-state index in [4.69, 9.17) is 4.42 Å². The maximum atomic E-state index is 11.8. The average molecular weight is 328 g/mol. The Balaban J connectivity index is 1.71. The monoisotopic (exact) mass is 328 g/mol. The van der Waals surface area contributed by atoms with Crippen molar-refractivity contribution in [1.82, 2.24) is 15.1 Å². The third-order valence-corrected chi connectivity index (χ3v) is 4.00. The van der Waals surface area contributed by atoms with E-state index in [1.807, 2.05) is 42.3 Å². The molecule has 3 rings (SSSR count). The molecule has 24 heavy (non-hydrogen) atoms. The number of para-hydroxylation sites is 1. The summed E-state index contributed by atoms with van der Waals surface area (Å²) >= 11 is 0. The molecule has 0 unspecified atom stereocenters. The first-order valence-electron chi connectivity index (χ1n) is 8.22. The number of nitrogens with one attached hydrogen (secondary N) is 1. The molecule has 0 spiro atoms. The highest BCUT2D eigenvalue weighted by Crippen LogP contribution is 2.21. The molecule has 1 aliphatic carbocycles. The molecule has 1 fully saturated rings. The molecule has 2 aromatic rings. The Morgan fingerprint density at radius 2 is 2.04 bits per heavy atom. The van der Waals surface area contributed by atoms with Crippen LogP contribution in [0.1, 0.15) is 18.6 Å². The first-order valence-corrected chi connectivity index (χ1v) is 8.22. The molecule has 0 aliphatic heterocycles. The van der Waals surface area contributed by atoms with Crippen molar-refractivity contribution in [3.05, 3.63) is 36.1 Å². The zero-order chi connectivity index (χ0) is 17.1. The SMILES string of the molecule is CN(C)C(=O)CN=C(NC1CC1)N(C)Cc1cc2ccccc2o1. The second-order valence-electron chi connectivity index (χ2n) is 6.45. The van der Waals surface area contributed by atoms with E-state index in [-0.39, 0.29) is 12.5 Å². The lowest BCUT2D eigenvalue weighted by molar-refractivity contribution is -0.127. The van der Waals surface area contributed by atoms with Gasteiger partial charge in [-0.1, -0.05) is 18.2 Å². The van der Waals surface area contributed by atoms with E-state index in [0.29, 0.717) is 12.6 Å². The van der Waals surface area contributed by atoms with Crippen molar-refractivity contribution in [2.24, 2.45) is 4.99 Å². The van der Waals surface area contributed by atoms with Crippen LogP contribution in [0.15, 0.2) is 39.7 Å². The van der Waals surface area contributed by atoms with Gasteiger partial charge in [-0.15, -0.1) is 0 Å². The number of aliphatic imine (C=N–C) groups is 1. The summed E-state index contributed by atoms with van der Waals surface area (Å²) in [5, 5.41) is 4.50. The molecule has 1 saturated carbocycles. The van der Waals surface area contributed by atoms with Crippen LogP contribution in [0.2, 0.25) is 0 Å². The van der Waals surface area contributed by atoms with E-state index < -0.39 is 0 Å². The lowest BCUT2D eigenvalue weighted by Crippen LogP contribution is -2.40. The minimum atomic E-state index is -0.0118. The molecule has 1 N–H and O–H groups in total. The number of rotatable bonds is 5. The predicted molar refractivity (Wildman–Crippen MR) is 94.8 cm³/mol. The number of carbonyl (C=O) groups excluding carboxylic acids is 1. The van der Waals surface area contributed by atoms with Gasteiger partial charge in [-0.05, 0) is 25.0 Å². The Morgan fingerprint density at radius 3 is 2.71 bits per heavy atom. The van der Waals surface area contributed by atoms with Gasteiger partial charge in [0.15, 0.2) is 5.96 Å². The van der Waals surface area contributed by atoms with Crippen molar-refractivity contribution < 1.29 is 9.21 Å². The van der Waals surface area contributed by atoms with E-state index in [1.54, 1.807) is 19.0 Å². The number of benzene rings is 1. The smallest absolute Gasteiger partial charge is 0.243 e. The van der Waals surface area contributed by atoms with Crippen molar-refractivity contribution in [2.45, 2.75) is 25.4 Å². The first-order chi connectivity index (χ1) is 11.5. The summed E-state index contributed by atoms with van der Waals surface area (Å²) < 4.78 is 5.87. The maximum absolute atomic E-state index is 11.8. The van der Waals surface area contributed by atoms with Gasteiger partial charge in [0, 0.05) is 32.6 Å². The van der Waals surface area contributed by atoms with Crippen LogP contribution in [-0.2, 0) is 11.3 Å². The lowest BCUT2D eigenvalue weighted by Gasteiger charge is -2.21. The van der Waals surface area contributed by atoms with E-state index in [9.17, 15) is 4.79 Å². The summed E-state index contributed by atoms with van der Waals surface area (Å²) in [6.45, 7) is 0.746. The van der Waals surface area contributed by atoms with Gasteiger partial charge in [-0.3, -0.25) is 4.79 Å². The molecule has 1 aliphatic rings. The molecule has 6 nitrogen and oxygen atoms in total. The fourth-order valence-corrected chi connectivity index (χ4v) is 2.39. The molecule has 1 heterocycles. The van der Waals surface area contributed by atoms with Crippen LogP contribution in [0.25, 0.3) is 11.0 Å². The number of nitrogens with zero attached hydrogens (tertiary/aromatic N) is 3. The predicted octanol–water partition coefficient (Wildman–Crippen LogP) is 2.06. The Hall–Kier alpha value is -2.50. The van der Waals surface area contributed by atoms with Crippen molar-refractivity contribution in [1.29, 1.82) is 0 Å². The van der Waals surface area contributed by atoms with Gasteiger partial charge in [0.25, 0.3) is 0 Å². The van der Waals surface area contributed by atoms with Crippen LogP contribution in [0.4, 0.5) is 0 Å². The summed E-state index contributed by atoms with van der Waals surface area (Å²) in [5.41, 5.74) is 0.886. The second-order valence-corrected chi connectivity index (χ2v) is 6.45. The number of fused-ring (bicyclic) bond motifs is 1. The van der Waals surface area contributed by atoms with Gasteiger partial charge < -0.3 is 19.5 Å². The normalized spacial score (nSPS) is 14.7. The highest BCUT2D eigenvalue weighted by Gasteiger charge is 2.24. The highest BCUT2D eigenvalue weighted by atomic mass is 16.3.